The smallest absolute Gasteiger partial charge is 0.228 e. The normalized spacial score (nSPS) is 23.6. The first kappa shape index (κ1) is 26.3. The van der Waals surface area contributed by atoms with Crippen molar-refractivity contribution >= 4 is 33.4 Å². The Bertz CT molecular complexity index is 1060. The lowest BCUT2D eigenvalue weighted by molar-refractivity contribution is -0.148. The van der Waals surface area contributed by atoms with E-state index < -0.39 is 0 Å². The van der Waals surface area contributed by atoms with Crippen LogP contribution in [0.15, 0.2) is 34.6 Å². The summed E-state index contributed by atoms with van der Waals surface area (Å²) in [6.45, 7) is 7.60. The van der Waals surface area contributed by atoms with Crippen molar-refractivity contribution in [3.63, 3.8) is 0 Å². The predicted octanol–water partition coefficient (Wildman–Crippen LogP) is 5.59. The van der Waals surface area contributed by atoms with Crippen LogP contribution in [0.2, 0.25) is 0 Å². The summed E-state index contributed by atoms with van der Waals surface area (Å²) in [5.41, 5.74) is -0.199. The highest BCUT2D eigenvalue weighted by atomic mass is 33.1. The van der Waals surface area contributed by atoms with E-state index in [0.717, 1.165) is 87.3 Å². The number of nitrogens with zero attached hydrogens (tertiary/aromatic N) is 6. The minimum Gasteiger partial charge on any atom is -0.342 e. The third-order valence-electron chi connectivity index (χ3n) is 9.59. The minimum absolute atomic E-state index is 0.0994. The van der Waals surface area contributed by atoms with E-state index in [4.69, 9.17) is 0 Å². The summed E-state index contributed by atoms with van der Waals surface area (Å²) in [4.78, 5) is 32.1. The van der Waals surface area contributed by atoms with Gasteiger partial charge in [-0.3, -0.25) is 19.0 Å². The van der Waals surface area contributed by atoms with E-state index in [9.17, 15) is 9.59 Å². The predicted molar refractivity (Wildman–Crippen MR) is 150 cm³/mol. The minimum atomic E-state index is -0.0994. The molecule has 2 aliphatic carbocycles. The molecule has 0 N–H and O–H groups in total. The highest BCUT2D eigenvalue weighted by Crippen LogP contribution is 2.44. The van der Waals surface area contributed by atoms with Crippen molar-refractivity contribution in [1.29, 1.82) is 0 Å². The van der Waals surface area contributed by atoms with Crippen LogP contribution in [0.25, 0.3) is 0 Å². The van der Waals surface area contributed by atoms with E-state index in [2.05, 4.69) is 55.6 Å². The van der Waals surface area contributed by atoms with Crippen LogP contribution in [0.1, 0.15) is 90.1 Å². The quantitative estimate of drug-likeness (QED) is 0.414. The van der Waals surface area contributed by atoms with E-state index in [0.29, 0.717) is 23.9 Å². The van der Waals surface area contributed by atoms with Crippen molar-refractivity contribution in [3.05, 3.63) is 24.8 Å². The molecule has 0 bridgehead atoms. The van der Waals surface area contributed by atoms with Crippen molar-refractivity contribution in [1.82, 2.24) is 29.4 Å². The average molecular weight is 557 g/mol. The molecule has 4 aliphatic rings. The zero-order chi connectivity index (χ0) is 26.3. The lowest BCUT2D eigenvalue weighted by Gasteiger charge is -2.43. The maximum atomic E-state index is 12.8. The van der Waals surface area contributed by atoms with Crippen LogP contribution < -0.4 is 0 Å². The number of amides is 2. The lowest BCUT2D eigenvalue weighted by Crippen LogP contribution is -2.49. The van der Waals surface area contributed by atoms with Gasteiger partial charge < -0.3 is 9.80 Å². The fourth-order valence-corrected chi connectivity index (χ4v) is 8.26. The lowest BCUT2D eigenvalue weighted by atomic mass is 9.69. The number of carbonyl (C=O) groups is 2. The maximum Gasteiger partial charge on any atom is 0.228 e. The third kappa shape index (κ3) is 5.15. The Hall–Kier alpha value is -1.94. The summed E-state index contributed by atoms with van der Waals surface area (Å²) in [5.74, 6) is 0.718. The summed E-state index contributed by atoms with van der Waals surface area (Å²) >= 11 is 0. The molecule has 0 radical (unpaired) electrons. The van der Waals surface area contributed by atoms with Crippen LogP contribution in [-0.2, 0) is 9.59 Å². The highest BCUT2D eigenvalue weighted by Gasteiger charge is 2.43. The zero-order valence-electron chi connectivity index (χ0n) is 22.7. The second kappa shape index (κ2) is 10.6. The van der Waals surface area contributed by atoms with Crippen LogP contribution in [-0.4, -0.2) is 67.4 Å². The second-order valence-electron chi connectivity index (χ2n) is 12.4. The van der Waals surface area contributed by atoms with Gasteiger partial charge in [0.05, 0.1) is 34.3 Å². The van der Waals surface area contributed by atoms with E-state index in [-0.39, 0.29) is 10.8 Å². The van der Waals surface area contributed by atoms with Crippen molar-refractivity contribution in [2.75, 3.05) is 26.2 Å². The molecule has 6 rings (SSSR count). The highest BCUT2D eigenvalue weighted by molar-refractivity contribution is 8.76. The first-order chi connectivity index (χ1) is 18.3. The number of carbonyl (C=O) groups excluding carboxylic acids is 2. The molecule has 4 heterocycles. The molecule has 8 nitrogen and oxygen atoms in total. The molecule has 2 saturated heterocycles. The number of hydrogen-bond acceptors (Lipinski definition) is 6. The van der Waals surface area contributed by atoms with Gasteiger partial charge in [0.25, 0.3) is 0 Å². The van der Waals surface area contributed by atoms with Crippen LogP contribution in [0.5, 0.6) is 0 Å². The standard InChI is InChI=1S/C28H40N6O2S2/c1-27(9-3-10-27)25(35)31-13-5-21(6-14-31)33-19-23(17-29-33)37-38-24-18-30-34(20-24)22-7-15-32(16-8-22)26(36)28(2)11-4-12-28/h17-22H,3-16H2,1-2H3. The Labute approximate surface area is 233 Å². The van der Waals surface area contributed by atoms with Gasteiger partial charge in [0.2, 0.25) is 11.8 Å². The van der Waals surface area contributed by atoms with Gasteiger partial charge in [0.1, 0.15) is 0 Å². The Balaban J connectivity index is 0.955. The first-order valence-electron chi connectivity index (χ1n) is 14.3. The molecular weight excluding hydrogens is 516 g/mol. The molecule has 2 aromatic rings. The molecule has 38 heavy (non-hydrogen) atoms. The molecule has 10 heteroatoms. The molecule has 2 saturated carbocycles. The topological polar surface area (TPSA) is 76.3 Å². The second-order valence-corrected chi connectivity index (χ2v) is 14.6. The van der Waals surface area contributed by atoms with E-state index in [1.807, 2.05) is 12.4 Å². The molecule has 0 spiro atoms. The Morgan fingerprint density at radius 1 is 0.711 bits per heavy atom. The van der Waals surface area contributed by atoms with Crippen LogP contribution in [0.4, 0.5) is 0 Å². The number of piperidine rings is 2. The van der Waals surface area contributed by atoms with Gasteiger partial charge in [-0.25, -0.2) is 0 Å². The van der Waals surface area contributed by atoms with E-state index in [1.54, 1.807) is 21.6 Å². The molecule has 2 aromatic heterocycles. The van der Waals surface area contributed by atoms with Gasteiger partial charge in [-0.15, -0.1) is 0 Å². The summed E-state index contributed by atoms with van der Waals surface area (Å²) in [6.07, 6.45) is 18.6. The Morgan fingerprint density at radius 3 is 1.39 bits per heavy atom. The third-order valence-corrected chi connectivity index (χ3v) is 11.9. The van der Waals surface area contributed by atoms with Gasteiger partial charge in [-0.1, -0.05) is 26.7 Å². The van der Waals surface area contributed by atoms with Gasteiger partial charge >= 0.3 is 0 Å². The summed E-state index contributed by atoms with van der Waals surface area (Å²) in [7, 11) is 3.43. The fourth-order valence-electron chi connectivity index (χ4n) is 6.50. The zero-order valence-corrected chi connectivity index (χ0v) is 24.3. The monoisotopic (exact) mass is 556 g/mol. The number of likely N-dealkylation sites (tertiary alicyclic amines) is 2. The summed E-state index contributed by atoms with van der Waals surface area (Å²) in [6, 6.07) is 0.722. The fraction of sp³-hybridized carbons (Fsp3) is 0.714. The van der Waals surface area contributed by atoms with Crippen molar-refractivity contribution in [3.8, 4) is 0 Å². The maximum absolute atomic E-state index is 12.8. The molecule has 0 aromatic carbocycles. The van der Waals surface area contributed by atoms with E-state index in [1.165, 1.54) is 12.8 Å². The largest absolute Gasteiger partial charge is 0.342 e. The molecular formula is C28H40N6O2S2. The molecule has 206 valence electrons. The molecule has 0 atom stereocenters. The SMILES string of the molecule is CC1(C(=O)N2CCC(n3cc(SSc4cnn(C5CCN(C(=O)C6(C)CCC6)CC5)c4)cn3)CC2)CCC1. The van der Waals surface area contributed by atoms with Gasteiger partial charge in [0, 0.05) is 49.4 Å². The molecule has 0 unspecified atom stereocenters. The van der Waals surface area contributed by atoms with Crippen molar-refractivity contribution in [2.24, 2.45) is 10.8 Å². The molecule has 4 fully saturated rings. The summed E-state index contributed by atoms with van der Waals surface area (Å²) < 4.78 is 4.19. The van der Waals surface area contributed by atoms with Crippen LogP contribution in [0, 0.1) is 10.8 Å². The van der Waals surface area contributed by atoms with Gasteiger partial charge in [-0.05, 0) is 73.0 Å². The molecule has 2 aliphatic heterocycles. The van der Waals surface area contributed by atoms with E-state index >= 15 is 0 Å². The average Bonchev–Trinajstić information content (AvgIpc) is 3.58. The first-order valence-corrected chi connectivity index (χ1v) is 16.5. The van der Waals surface area contributed by atoms with Crippen LogP contribution in [0.3, 0.4) is 0 Å². The number of hydrogen-bond donors (Lipinski definition) is 0. The van der Waals surface area contributed by atoms with Gasteiger partial charge in [-0.2, -0.15) is 10.2 Å². The Morgan fingerprint density at radius 2 is 1.08 bits per heavy atom. The van der Waals surface area contributed by atoms with Gasteiger partial charge in [0.15, 0.2) is 0 Å². The van der Waals surface area contributed by atoms with Crippen molar-refractivity contribution in [2.45, 2.75) is 99.9 Å². The molecule has 2 amide bonds. The summed E-state index contributed by atoms with van der Waals surface area (Å²) in [5, 5.41) is 9.30. The van der Waals surface area contributed by atoms with Crippen LogP contribution >= 0.6 is 21.6 Å². The number of rotatable bonds is 7. The Kier molecular flexibility index (Phi) is 7.31. The number of aromatic nitrogens is 4. The van der Waals surface area contributed by atoms with Crippen molar-refractivity contribution < 1.29 is 9.59 Å².